The van der Waals surface area contributed by atoms with Crippen LogP contribution in [0.4, 0.5) is 17.1 Å². The third-order valence-corrected chi connectivity index (χ3v) is 6.83. The molecular formula is C22H18ClN3O4S. The second-order valence-electron chi connectivity index (χ2n) is 6.90. The minimum Gasteiger partial charge on any atom is -0.326 e. The molecule has 0 saturated heterocycles. The quantitative estimate of drug-likeness (QED) is 0.610. The maximum Gasteiger partial charge on any atom is 0.265 e. The number of para-hydroxylation sites is 3. The van der Waals surface area contributed by atoms with Crippen LogP contribution in [0.25, 0.3) is 0 Å². The molecule has 0 radical (unpaired) electrons. The van der Waals surface area contributed by atoms with Crippen LogP contribution in [0, 0.1) is 0 Å². The topological polar surface area (TPSA) is 95.6 Å². The molecule has 31 heavy (non-hydrogen) atoms. The Labute approximate surface area is 184 Å². The van der Waals surface area contributed by atoms with Crippen LogP contribution in [0.5, 0.6) is 0 Å². The number of carbonyl (C=O) groups is 2. The number of sulfonamides is 1. The van der Waals surface area contributed by atoms with Gasteiger partial charge in [0.1, 0.15) is 6.04 Å². The summed E-state index contributed by atoms with van der Waals surface area (Å²) in [4.78, 5) is 25.5. The number of benzene rings is 3. The number of hydrogen-bond donors (Lipinski definition) is 2. The lowest BCUT2D eigenvalue weighted by atomic mass is 10.1. The van der Waals surface area contributed by atoms with Crippen molar-refractivity contribution in [2.24, 2.45) is 0 Å². The summed E-state index contributed by atoms with van der Waals surface area (Å²) in [6, 6.07) is 19.8. The molecule has 0 aliphatic carbocycles. The van der Waals surface area contributed by atoms with E-state index in [9.17, 15) is 18.0 Å². The largest absolute Gasteiger partial charge is 0.326 e. The minimum absolute atomic E-state index is 0.0713. The fourth-order valence-corrected chi connectivity index (χ4v) is 5.32. The minimum atomic E-state index is -4.19. The summed E-state index contributed by atoms with van der Waals surface area (Å²) in [5, 5.41) is 5.63. The molecule has 1 unspecified atom stereocenters. The number of fused-ring (bicyclic) bond motifs is 1. The van der Waals surface area contributed by atoms with Crippen molar-refractivity contribution < 1.29 is 18.0 Å². The molecule has 1 aliphatic rings. The molecule has 4 rings (SSSR count). The van der Waals surface area contributed by atoms with Gasteiger partial charge in [-0.3, -0.25) is 13.9 Å². The highest BCUT2D eigenvalue weighted by Gasteiger charge is 2.42. The van der Waals surface area contributed by atoms with Crippen molar-refractivity contribution in [1.82, 2.24) is 0 Å². The average molecular weight is 456 g/mol. The molecule has 2 N–H and O–H groups in total. The van der Waals surface area contributed by atoms with Gasteiger partial charge in [-0.15, -0.1) is 0 Å². The Kier molecular flexibility index (Phi) is 5.67. The van der Waals surface area contributed by atoms with Gasteiger partial charge in [-0.25, -0.2) is 8.42 Å². The molecule has 3 aromatic carbocycles. The van der Waals surface area contributed by atoms with Crippen LogP contribution in [0.15, 0.2) is 83.8 Å². The zero-order valence-corrected chi connectivity index (χ0v) is 17.7. The van der Waals surface area contributed by atoms with E-state index in [4.69, 9.17) is 11.6 Å². The SMILES string of the molecule is O=C(CC1C(=O)Nc2ccccc2N1S(=O)(=O)c1cccc(Cl)c1)Nc1ccccc1. The molecule has 1 heterocycles. The number of rotatable bonds is 5. The highest BCUT2D eigenvalue weighted by atomic mass is 35.5. The van der Waals surface area contributed by atoms with E-state index in [-0.39, 0.29) is 22.0 Å². The van der Waals surface area contributed by atoms with Gasteiger partial charge in [0, 0.05) is 10.7 Å². The molecule has 0 fully saturated rings. The average Bonchev–Trinajstić information content (AvgIpc) is 2.74. The molecule has 1 atom stereocenters. The monoisotopic (exact) mass is 455 g/mol. The second-order valence-corrected chi connectivity index (χ2v) is 9.15. The zero-order chi connectivity index (χ0) is 22.0. The molecule has 0 saturated carbocycles. The summed E-state index contributed by atoms with van der Waals surface area (Å²) in [6.07, 6.45) is -0.366. The highest BCUT2D eigenvalue weighted by molar-refractivity contribution is 7.93. The molecule has 1 aliphatic heterocycles. The van der Waals surface area contributed by atoms with Crippen LogP contribution in [0.1, 0.15) is 6.42 Å². The molecule has 9 heteroatoms. The van der Waals surface area contributed by atoms with Gasteiger partial charge in [-0.2, -0.15) is 0 Å². The Morgan fingerprint density at radius 3 is 2.45 bits per heavy atom. The summed E-state index contributed by atoms with van der Waals surface area (Å²) in [7, 11) is -4.19. The Morgan fingerprint density at radius 2 is 1.71 bits per heavy atom. The fraction of sp³-hybridized carbons (Fsp3) is 0.0909. The molecule has 0 spiro atoms. The van der Waals surface area contributed by atoms with E-state index in [2.05, 4.69) is 10.6 Å². The molecule has 158 valence electrons. The van der Waals surface area contributed by atoms with Crippen LogP contribution in [-0.2, 0) is 19.6 Å². The van der Waals surface area contributed by atoms with E-state index in [1.165, 1.54) is 18.2 Å². The third kappa shape index (κ3) is 4.26. The maximum atomic E-state index is 13.6. The fourth-order valence-electron chi connectivity index (χ4n) is 3.38. The van der Waals surface area contributed by atoms with Crippen LogP contribution in [-0.4, -0.2) is 26.3 Å². The number of hydrogen-bond acceptors (Lipinski definition) is 4. The lowest BCUT2D eigenvalue weighted by Crippen LogP contribution is -2.52. The van der Waals surface area contributed by atoms with Crippen LogP contribution < -0.4 is 14.9 Å². The van der Waals surface area contributed by atoms with Gasteiger partial charge in [0.25, 0.3) is 10.0 Å². The van der Waals surface area contributed by atoms with Gasteiger partial charge in [0.2, 0.25) is 11.8 Å². The first kappa shape index (κ1) is 20.9. The standard InChI is InChI=1S/C22H18ClN3O4S/c23-15-7-6-10-17(13-15)31(29,30)26-19-12-5-4-11-18(19)25-22(28)20(26)14-21(27)24-16-8-2-1-3-9-16/h1-13,20H,14H2,(H,24,27)(H,25,28). The van der Waals surface area contributed by atoms with Gasteiger partial charge in [-0.1, -0.05) is 48.0 Å². The predicted molar refractivity (Wildman–Crippen MR) is 120 cm³/mol. The molecule has 0 bridgehead atoms. The molecular weight excluding hydrogens is 438 g/mol. The number of nitrogens with one attached hydrogen (secondary N) is 2. The van der Waals surface area contributed by atoms with Crippen LogP contribution in [0.3, 0.4) is 0 Å². The van der Waals surface area contributed by atoms with Gasteiger partial charge in [0.15, 0.2) is 0 Å². The van der Waals surface area contributed by atoms with Crippen molar-refractivity contribution in [2.75, 3.05) is 14.9 Å². The van der Waals surface area contributed by atoms with Gasteiger partial charge < -0.3 is 10.6 Å². The zero-order valence-electron chi connectivity index (χ0n) is 16.2. The number of nitrogens with zero attached hydrogens (tertiary/aromatic N) is 1. The van der Waals surface area contributed by atoms with Gasteiger partial charge in [0.05, 0.1) is 22.7 Å². The van der Waals surface area contributed by atoms with E-state index < -0.39 is 27.9 Å². The first-order valence-electron chi connectivity index (χ1n) is 9.41. The Bertz CT molecular complexity index is 1250. The van der Waals surface area contributed by atoms with E-state index in [1.807, 2.05) is 0 Å². The van der Waals surface area contributed by atoms with E-state index in [0.717, 1.165) is 4.31 Å². The van der Waals surface area contributed by atoms with Crippen molar-refractivity contribution in [3.05, 3.63) is 83.9 Å². The normalized spacial score (nSPS) is 15.7. The van der Waals surface area contributed by atoms with Crippen molar-refractivity contribution in [1.29, 1.82) is 0 Å². The van der Waals surface area contributed by atoms with E-state index in [1.54, 1.807) is 60.7 Å². The van der Waals surface area contributed by atoms with Crippen molar-refractivity contribution >= 4 is 50.5 Å². The maximum absolute atomic E-state index is 13.6. The van der Waals surface area contributed by atoms with Crippen LogP contribution >= 0.6 is 11.6 Å². The van der Waals surface area contributed by atoms with Crippen molar-refractivity contribution in [2.45, 2.75) is 17.4 Å². The van der Waals surface area contributed by atoms with E-state index in [0.29, 0.717) is 11.4 Å². The highest BCUT2D eigenvalue weighted by Crippen LogP contribution is 2.37. The van der Waals surface area contributed by atoms with Gasteiger partial charge >= 0.3 is 0 Å². The summed E-state index contributed by atoms with van der Waals surface area (Å²) >= 11 is 6.00. The first-order chi connectivity index (χ1) is 14.9. The second kappa shape index (κ2) is 8.41. The summed E-state index contributed by atoms with van der Waals surface area (Å²) in [6.45, 7) is 0. The van der Waals surface area contributed by atoms with E-state index >= 15 is 0 Å². The Morgan fingerprint density at radius 1 is 1.00 bits per heavy atom. The number of amides is 2. The summed E-state index contributed by atoms with van der Waals surface area (Å²) < 4.78 is 28.1. The number of halogens is 1. The molecule has 2 amide bonds. The molecule has 7 nitrogen and oxygen atoms in total. The Balaban J connectivity index is 1.74. The van der Waals surface area contributed by atoms with Crippen molar-refractivity contribution in [3.63, 3.8) is 0 Å². The number of anilines is 3. The lowest BCUT2D eigenvalue weighted by Gasteiger charge is -2.36. The van der Waals surface area contributed by atoms with Crippen LogP contribution in [0.2, 0.25) is 5.02 Å². The summed E-state index contributed by atoms with van der Waals surface area (Å²) in [5.41, 5.74) is 1.17. The molecule has 3 aromatic rings. The Hall–Kier alpha value is -3.36. The van der Waals surface area contributed by atoms with Crippen molar-refractivity contribution in [3.8, 4) is 0 Å². The predicted octanol–water partition coefficient (Wildman–Crippen LogP) is 3.88. The molecule has 0 aromatic heterocycles. The summed E-state index contributed by atoms with van der Waals surface area (Å²) in [5.74, 6) is -1.08. The first-order valence-corrected chi connectivity index (χ1v) is 11.2. The lowest BCUT2D eigenvalue weighted by molar-refractivity contribution is -0.122. The van der Waals surface area contributed by atoms with Gasteiger partial charge in [-0.05, 0) is 42.5 Å². The third-order valence-electron chi connectivity index (χ3n) is 4.77. The number of carbonyl (C=O) groups excluding carboxylic acids is 2. The smallest absolute Gasteiger partial charge is 0.265 e.